The molecule has 2 aromatic carbocycles. The second-order valence-corrected chi connectivity index (χ2v) is 8.67. The van der Waals surface area contributed by atoms with Gasteiger partial charge in [-0.2, -0.15) is 29.9 Å². The fourth-order valence-electron chi connectivity index (χ4n) is 3.34. The molecular weight excluding hydrogens is 439 g/mol. The summed E-state index contributed by atoms with van der Waals surface area (Å²) in [6, 6.07) is 8.89. The summed E-state index contributed by atoms with van der Waals surface area (Å²) in [6.07, 6.45) is -3.37. The molecule has 1 heterocycles. The predicted octanol–water partition coefficient (Wildman–Crippen LogP) is 6.33. The van der Waals surface area contributed by atoms with Gasteiger partial charge in [-0.15, -0.1) is 0 Å². The second kappa shape index (κ2) is 10.2. The van der Waals surface area contributed by atoms with Crippen molar-refractivity contribution in [2.75, 3.05) is 11.1 Å². The average molecular weight is 464 g/mol. The van der Waals surface area contributed by atoms with E-state index in [0.29, 0.717) is 30.2 Å². The van der Waals surface area contributed by atoms with Crippen molar-refractivity contribution < 1.29 is 22.5 Å². The molecule has 0 radical (unpaired) electrons. The molecule has 1 amide bonds. The van der Waals surface area contributed by atoms with Gasteiger partial charge in [-0.05, 0) is 56.2 Å². The third-order valence-electron chi connectivity index (χ3n) is 4.78. The highest BCUT2D eigenvalue weighted by Gasteiger charge is 2.30. The molecule has 3 aromatic rings. The number of halogens is 3. The van der Waals surface area contributed by atoms with Crippen LogP contribution in [0.3, 0.4) is 0 Å². The first-order valence-electron chi connectivity index (χ1n) is 10.1. The standard InChI is InChI=1S/C23H24F3N3O2S/c1-14-10-15(2)21(16(3)11-14)27-19(30)8-5-9-32-13-20-28-22(29-31-20)17-6-4-7-18(12-17)23(24,25)26/h4,6-7,10-12H,5,8-9,13H2,1-3H3,(H,27,30). The Hall–Kier alpha value is -2.81. The number of hydrogen-bond donors (Lipinski definition) is 1. The van der Waals surface area contributed by atoms with Crippen LogP contribution in [0.5, 0.6) is 0 Å². The van der Waals surface area contributed by atoms with Crippen molar-refractivity contribution in [3.05, 3.63) is 64.5 Å². The van der Waals surface area contributed by atoms with E-state index in [0.717, 1.165) is 34.5 Å². The number of anilines is 1. The number of aromatic nitrogens is 2. The SMILES string of the molecule is Cc1cc(C)c(NC(=O)CCCSCc2nc(-c3cccc(C(F)(F)F)c3)no2)c(C)c1. The van der Waals surface area contributed by atoms with Gasteiger partial charge < -0.3 is 9.84 Å². The van der Waals surface area contributed by atoms with E-state index in [9.17, 15) is 18.0 Å². The van der Waals surface area contributed by atoms with Gasteiger partial charge in [0.05, 0.1) is 11.3 Å². The third-order valence-corrected chi connectivity index (χ3v) is 5.80. The first-order chi connectivity index (χ1) is 15.1. The smallest absolute Gasteiger partial charge is 0.338 e. The molecule has 0 atom stereocenters. The fourth-order valence-corrected chi connectivity index (χ4v) is 4.12. The van der Waals surface area contributed by atoms with Crippen molar-refractivity contribution in [3.8, 4) is 11.4 Å². The summed E-state index contributed by atoms with van der Waals surface area (Å²) in [6.45, 7) is 5.97. The molecular formula is C23H24F3N3O2S. The molecule has 0 aliphatic heterocycles. The quantitative estimate of drug-likeness (QED) is 0.395. The molecule has 0 spiro atoms. The molecule has 32 heavy (non-hydrogen) atoms. The molecule has 0 saturated carbocycles. The summed E-state index contributed by atoms with van der Waals surface area (Å²) in [5.74, 6) is 1.54. The van der Waals surface area contributed by atoms with E-state index in [2.05, 4.69) is 15.5 Å². The summed E-state index contributed by atoms with van der Waals surface area (Å²) in [7, 11) is 0. The summed E-state index contributed by atoms with van der Waals surface area (Å²) >= 11 is 1.52. The molecule has 9 heteroatoms. The number of hydrogen-bond acceptors (Lipinski definition) is 5. The summed E-state index contributed by atoms with van der Waals surface area (Å²) in [4.78, 5) is 16.4. The van der Waals surface area contributed by atoms with Crippen molar-refractivity contribution >= 4 is 23.4 Å². The van der Waals surface area contributed by atoms with Gasteiger partial charge in [-0.25, -0.2) is 0 Å². The lowest BCUT2D eigenvalue weighted by molar-refractivity contribution is -0.137. The van der Waals surface area contributed by atoms with Crippen molar-refractivity contribution in [2.45, 2.75) is 45.5 Å². The Balaban J connectivity index is 1.44. The fraction of sp³-hybridized carbons (Fsp3) is 0.348. The minimum absolute atomic E-state index is 0.0368. The zero-order valence-electron chi connectivity index (χ0n) is 18.0. The van der Waals surface area contributed by atoms with Gasteiger partial charge >= 0.3 is 6.18 Å². The average Bonchev–Trinajstić information content (AvgIpc) is 3.19. The maximum atomic E-state index is 12.9. The van der Waals surface area contributed by atoms with E-state index in [1.54, 1.807) is 0 Å². The van der Waals surface area contributed by atoms with Gasteiger partial charge in [0, 0.05) is 17.7 Å². The van der Waals surface area contributed by atoms with Crippen molar-refractivity contribution in [1.29, 1.82) is 0 Å². The van der Waals surface area contributed by atoms with Crippen LogP contribution in [0.2, 0.25) is 0 Å². The van der Waals surface area contributed by atoms with Crippen LogP contribution in [0, 0.1) is 20.8 Å². The highest BCUT2D eigenvalue weighted by molar-refractivity contribution is 7.98. The van der Waals surface area contributed by atoms with Crippen LogP contribution in [0.25, 0.3) is 11.4 Å². The zero-order chi connectivity index (χ0) is 23.3. The molecule has 0 saturated heterocycles. The molecule has 5 nitrogen and oxygen atoms in total. The number of nitrogens with one attached hydrogen (secondary N) is 1. The molecule has 0 unspecified atom stereocenters. The first-order valence-corrected chi connectivity index (χ1v) is 11.2. The lowest BCUT2D eigenvalue weighted by atomic mass is 10.0. The minimum Gasteiger partial charge on any atom is -0.338 e. The number of amides is 1. The summed E-state index contributed by atoms with van der Waals surface area (Å²) in [5, 5.41) is 6.76. The number of thioether (sulfide) groups is 1. The number of carbonyl (C=O) groups excluding carboxylic acids is 1. The van der Waals surface area contributed by atoms with E-state index in [-0.39, 0.29) is 17.3 Å². The van der Waals surface area contributed by atoms with Gasteiger partial charge in [-0.1, -0.05) is 35.0 Å². The first kappa shape index (κ1) is 23.8. The summed E-state index contributed by atoms with van der Waals surface area (Å²) in [5.41, 5.74) is 3.59. The second-order valence-electron chi connectivity index (χ2n) is 7.57. The van der Waals surface area contributed by atoms with Gasteiger partial charge in [0.2, 0.25) is 17.6 Å². The van der Waals surface area contributed by atoms with Crippen LogP contribution in [0.1, 0.15) is 41.0 Å². The molecule has 0 aliphatic rings. The van der Waals surface area contributed by atoms with Gasteiger partial charge in [0.1, 0.15) is 0 Å². The van der Waals surface area contributed by atoms with E-state index in [1.807, 2.05) is 32.9 Å². The topological polar surface area (TPSA) is 68.0 Å². The predicted molar refractivity (Wildman–Crippen MR) is 119 cm³/mol. The van der Waals surface area contributed by atoms with Crippen LogP contribution in [0.4, 0.5) is 18.9 Å². The lowest BCUT2D eigenvalue weighted by Crippen LogP contribution is -2.13. The highest BCUT2D eigenvalue weighted by Crippen LogP contribution is 2.31. The number of nitrogens with zero attached hydrogens (tertiary/aromatic N) is 2. The number of benzene rings is 2. The van der Waals surface area contributed by atoms with Crippen LogP contribution >= 0.6 is 11.8 Å². The Morgan fingerprint density at radius 3 is 2.53 bits per heavy atom. The van der Waals surface area contributed by atoms with Crippen LogP contribution < -0.4 is 5.32 Å². The minimum atomic E-state index is -4.43. The Morgan fingerprint density at radius 1 is 1.12 bits per heavy atom. The molecule has 0 aliphatic carbocycles. The Bertz CT molecular complexity index is 1070. The molecule has 0 bridgehead atoms. The molecule has 3 rings (SSSR count). The van der Waals surface area contributed by atoms with Gasteiger partial charge in [-0.3, -0.25) is 4.79 Å². The normalized spacial score (nSPS) is 11.6. The van der Waals surface area contributed by atoms with Crippen LogP contribution in [-0.2, 0) is 16.7 Å². The van der Waals surface area contributed by atoms with E-state index in [4.69, 9.17) is 4.52 Å². The third kappa shape index (κ3) is 6.35. The van der Waals surface area contributed by atoms with Crippen molar-refractivity contribution in [1.82, 2.24) is 10.1 Å². The Kier molecular flexibility index (Phi) is 7.60. The molecule has 1 N–H and O–H groups in total. The monoisotopic (exact) mass is 463 g/mol. The van der Waals surface area contributed by atoms with Crippen molar-refractivity contribution in [3.63, 3.8) is 0 Å². The highest BCUT2D eigenvalue weighted by atomic mass is 32.2. The zero-order valence-corrected chi connectivity index (χ0v) is 18.9. The number of carbonyl (C=O) groups is 1. The Morgan fingerprint density at radius 2 is 1.84 bits per heavy atom. The number of rotatable bonds is 8. The maximum absolute atomic E-state index is 12.9. The molecule has 170 valence electrons. The molecule has 0 fully saturated rings. The summed E-state index contributed by atoms with van der Waals surface area (Å²) < 4.78 is 43.7. The number of alkyl halides is 3. The Labute approximate surface area is 188 Å². The largest absolute Gasteiger partial charge is 0.416 e. The van der Waals surface area contributed by atoms with E-state index < -0.39 is 11.7 Å². The number of aryl methyl sites for hydroxylation is 3. The van der Waals surface area contributed by atoms with Gasteiger partial charge in [0.25, 0.3) is 0 Å². The van der Waals surface area contributed by atoms with E-state index in [1.165, 1.54) is 23.9 Å². The van der Waals surface area contributed by atoms with Crippen LogP contribution in [0.15, 0.2) is 40.9 Å². The maximum Gasteiger partial charge on any atom is 0.416 e. The van der Waals surface area contributed by atoms with Crippen molar-refractivity contribution in [2.24, 2.45) is 0 Å². The van der Waals surface area contributed by atoms with E-state index >= 15 is 0 Å². The van der Waals surface area contributed by atoms with Gasteiger partial charge in [0.15, 0.2) is 0 Å². The van der Waals surface area contributed by atoms with Crippen LogP contribution in [-0.4, -0.2) is 21.8 Å². The lowest BCUT2D eigenvalue weighted by Gasteiger charge is -2.12. The molecule has 1 aromatic heterocycles.